The third kappa shape index (κ3) is 4.48. The number of hydrogen-bond acceptors (Lipinski definition) is 4. The Labute approximate surface area is 209 Å². The maximum Gasteiger partial charge on any atom is 0.416 e. The summed E-state index contributed by atoms with van der Waals surface area (Å²) in [7, 11) is 0. The lowest BCUT2D eigenvalue weighted by Crippen LogP contribution is -2.43. The van der Waals surface area contributed by atoms with Crippen LogP contribution in [0.2, 0.25) is 0 Å². The summed E-state index contributed by atoms with van der Waals surface area (Å²) in [6.07, 6.45) is -1.08. The number of nitrogens with one attached hydrogen (secondary N) is 1. The van der Waals surface area contributed by atoms with Gasteiger partial charge in [-0.25, -0.2) is 4.98 Å². The molecule has 10 heteroatoms. The molecule has 2 amide bonds. The van der Waals surface area contributed by atoms with E-state index in [0.717, 1.165) is 29.9 Å². The molecule has 5 rings (SSSR count). The maximum atomic E-state index is 13.6. The number of carbonyl (C=O) groups is 2. The highest BCUT2D eigenvalue weighted by molar-refractivity contribution is 7.15. The number of rotatable bonds is 5. The van der Waals surface area contributed by atoms with Crippen molar-refractivity contribution in [1.82, 2.24) is 19.6 Å². The number of carbonyl (C=O) groups excluding carboxylic acids is 2. The van der Waals surface area contributed by atoms with Gasteiger partial charge in [-0.2, -0.15) is 13.2 Å². The van der Waals surface area contributed by atoms with Crippen LogP contribution in [-0.2, 0) is 6.18 Å². The summed E-state index contributed by atoms with van der Waals surface area (Å²) in [5.74, 6) is -0.453. The van der Waals surface area contributed by atoms with E-state index < -0.39 is 11.7 Å². The first-order valence-electron chi connectivity index (χ1n) is 11.5. The minimum Gasteiger partial charge on any atom is -0.349 e. The normalized spacial score (nSPS) is 16.0. The van der Waals surface area contributed by atoms with Gasteiger partial charge in [-0.15, -0.1) is 11.3 Å². The van der Waals surface area contributed by atoms with Crippen LogP contribution in [0.25, 0.3) is 16.1 Å². The van der Waals surface area contributed by atoms with E-state index in [0.29, 0.717) is 41.2 Å². The first-order chi connectivity index (χ1) is 17.2. The summed E-state index contributed by atoms with van der Waals surface area (Å²) < 4.78 is 40.7. The second-order valence-electron chi connectivity index (χ2n) is 8.73. The van der Waals surface area contributed by atoms with Crippen LogP contribution >= 0.6 is 11.3 Å². The summed E-state index contributed by atoms with van der Waals surface area (Å²) in [4.78, 5) is 33.4. The lowest BCUT2D eigenvalue weighted by Gasteiger charge is -2.26. The fraction of sp³-hybridized carbons (Fsp3) is 0.269. The Hall–Kier alpha value is -3.66. The van der Waals surface area contributed by atoms with Crippen molar-refractivity contribution in [3.8, 4) is 11.1 Å². The minimum atomic E-state index is -4.42. The van der Waals surface area contributed by atoms with Gasteiger partial charge >= 0.3 is 6.18 Å². The van der Waals surface area contributed by atoms with Crippen molar-refractivity contribution in [2.24, 2.45) is 0 Å². The fourth-order valence-corrected chi connectivity index (χ4v) is 5.45. The molecule has 1 atom stereocenters. The lowest BCUT2D eigenvalue weighted by atomic mass is 9.97. The number of aryl methyl sites for hydroxylation is 1. The van der Waals surface area contributed by atoms with Crippen molar-refractivity contribution >= 4 is 28.1 Å². The van der Waals surface area contributed by atoms with E-state index in [-0.39, 0.29) is 17.9 Å². The van der Waals surface area contributed by atoms with Crippen molar-refractivity contribution in [2.45, 2.75) is 32.0 Å². The maximum absolute atomic E-state index is 13.6. The van der Waals surface area contributed by atoms with E-state index >= 15 is 0 Å². The SMILES string of the molecule is Cc1nc2sccn2c1C(=O)NC[C@@H]1CCCN1C(=O)c1ccccc1-c1ccc(C(F)(F)F)cc1. The van der Waals surface area contributed by atoms with Gasteiger partial charge < -0.3 is 10.2 Å². The molecule has 2 aromatic heterocycles. The molecule has 0 aliphatic carbocycles. The Kier molecular flexibility index (Phi) is 6.29. The van der Waals surface area contributed by atoms with Crippen LogP contribution in [0.15, 0.2) is 60.1 Å². The van der Waals surface area contributed by atoms with Crippen molar-refractivity contribution in [3.63, 3.8) is 0 Å². The van der Waals surface area contributed by atoms with E-state index in [1.54, 1.807) is 46.7 Å². The van der Waals surface area contributed by atoms with Crippen LogP contribution in [0.1, 0.15) is 44.9 Å². The molecule has 4 aromatic rings. The predicted octanol–water partition coefficient (Wildman–Crippen LogP) is 5.42. The van der Waals surface area contributed by atoms with Crippen molar-refractivity contribution in [3.05, 3.63) is 82.6 Å². The number of aromatic nitrogens is 2. The van der Waals surface area contributed by atoms with Gasteiger partial charge in [-0.05, 0) is 49.1 Å². The monoisotopic (exact) mass is 512 g/mol. The quantitative estimate of drug-likeness (QED) is 0.388. The third-order valence-corrected chi connectivity index (χ3v) is 7.23. The Morgan fingerprint density at radius 3 is 2.64 bits per heavy atom. The lowest BCUT2D eigenvalue weighted by molar-refractivity contribution is -0.137. The average molecular weight is 513 g/mol. The van der Waals surface area contributed by atoms with Crippen molar-refractivity contribution in [2.75, 3.05) is 13.1 Å². The van der Waals surface area contributed by atoms with Gasteiger partial charge in [0.25, 0.3) is 11.8 Å². The van der Waals surface area contributed by atoms with Crippen LogP contribution in [-0.4, -0.2) is 45.2 Å². The van der Waals surface area contributed by atoms with Gasteiger partial charge in [-0.1, -0.05) is 30.3 Å². The Morgan fingerprint density at radius 1 is 1.14 bits per heavy atom. The molecule has 6 nitrogen and oxygen atoms in total. The Bertz CT molecular complexity index is 1430. The van der Waals surface area contributed by atoms with Crippen LogP contribution < -0.4 is 5.32 Å². The van der Waals surface area contributed by atoms with Gasteiger partial charge in [0.15, 0.2) is 4.96 Å². The number of benzene rings is 2. The average Bonchev–Trinajstić information content (AvgIpc) is 3.58. The van der Waals surface area contributed by atoms with Gasteiger partial charge in [0.2, 0.25) is 0 Å². The number of likely N-dealkylation sites (tertiary alicyclic amines) is 1. The molecular formula is C26H23F3N4O2S. The molecule has 1 saturated heterocycles. The topological polar surface area (TPSA) is 66.7 Å². The number of hydrogen-bond donors (Lipinski definition) is 1. The van der Waals surface area contributed by atoms with E-state index in [9.17, 15) is 22.8 Å². The molecule has 0 spiro atoms. The van der Waals surface area contributed by atoms with Gasteiger partial charge in [0, 0.05) is 36.3 Å². The first kappa shape index (κ1) is 24.1. The van der Waals surface area contributed by atoms with Gasteiger partial charge in [0.05, 0.1) is 11.3 Å². The zero-order valence-corrected chi connectivity index (χ0v) is 20.2. The largest absolute Gasteiger partial charge is 0.416 e. The van der Waals surface area contributed by atoms with E-state index in [1.165, 1.54) is 23.5 Å². The van der Waals surface area contributed by atoms with Crippen LogP contribution in [0.4, 0.5) is 13.2 Å². The second-order valence-corrected chi connectivity index (χ2v) is 9.60. The number of fused-ring (bicyclic) bond motifs is 1. The molecule has 1 N–H and O–H groups in total. The van der Waals surface area contributed by atoms with E-state index in [2.05, 4.69) is 10.3 Å². The molecule has 0 saturated carbocycles. The molecule has 1 aliphatic rings. The molecule has 3 heterocycles. The highest BCUT2D eigenvalue weighted by Crippen LogP contribution is 2.33. The third-order valence-electron chi connectivity index (χ3n) is 6.47. The minimum absolute atomic E-state index is 0.187. The summed E-state index contributed by atoms with van der Waals surface area (Å²) in [6, 6.07) is 11.5. The number of imidazole rings is 1. The number of halogens is 3. The summed E-state index contributed by atoms with van der Waals surface area (Å²) in [5, 5.41) is 4.82. The number of nitrogens with zero attached hydrogens (tertiary/aromatic N) is 3. The summed E-state index contributed by atoms with van der Waals surface area (Å²) in [5.41, 5.74) is 1.91. The summed E-state index contributed by atoms with van der Waals surface area (Å²) in [6.45, 7) is 2.63. The smallest absolute Gasteiger partial charge is 0.349 e. The van der Waals surface area contributed by atoms with Crippen LogP contribution in [0.5, 0.6) is 0 Å². The van der Waals surface area contributed by atoms with E-state index in [1.807, 2.05) is 5.38 Å². The van der Waals surface area contributed by atoms with Crippen molar-refractivity contribution in [1.29, 1.82) is 0 Å². The molecule has 0 radical (unpaired) electrons. The zero-order valence-electron chi connectivity index (χ0n) is 19.4. The first-order valence-corrected chi connectivity index (χ1v) is 12.4. The van der Waals surface area contributed by atoms with Crippen LogP contribution in [0.3, 0.4) is 0 Å². The second kappa shape index (κ2) is 9.42. The van der Waals surface area contributed by atoms with E-state index in [4.69, 9.17) is 0 Å². The summed E-state index contributed by atoms with van der Waals surface area (Å²) >= 11 is 1.45. The molecular weight excluding hydrogens is 489 g/mol. The molecule has 1 fully saturated rings. The van der Waals surface area contributed by atoms with Gasteiger partial charge in [-0.3, -0.25) is 14.0 Å². The zero-order chi connectivity index (χ0) is 25.4. The Morgan fingerprint density at radius 2 is 1.89 bits per heavy atom. The highest BCUT2D eigenvalue weighted by Gasteiger charge is 2.32. The highest BCUT2D eigenvalue weighted by atomic mass is 32.1. The fourth-order valence-electron chi connectivity index (χ4n) is 4.69. The molecule has 0 unspecified atom stereocenters. The number of amides is 2. The van der Waals surface area contributed by atoms with Gasteiger partial charge in [0.1, 0.15) is 5.69 Å². The Balaban J connectivity index is 1.33. The predicted molar refractivity (Wildman–Crippen MR) is 131 cm³/mol. The number of thiazole rings is 1. The molecule has 0 bridgehead atoms. The standard InChI is InChI=1S/C26H23F3N4O2S/c1-16-22(33-13-14-36-25(33)31-16)23(34)30-15-19-5-4-12-32(19)24(35)21-7-3-2-6-20(21)17-8-10-18(11-9-17)26(27,28)29/h2-3,6-11,13-14,19H,4-5,12,15H2,1H3,(H,30,34)/t19-/m0/s1. The molecule has 36 heavy (non-hydrogen) atoms. The molecule has 1 aliphatic heterocycles. The van der Waals surface area contributed by atoms with Crippen molar-refractivity contribution < 1.29 is 22.8 Å². The van der Waals surface area contributed by atoms with Crippen LogP contribution in [0, 0.1) is 6.92 Å². The molecule has 186 valence electrons. The number of alkyl halides is 3. The molecule has 2 aromatic carbocycles.